The first-order chi connectivity index (χ1) is 4.67. The van der Waals surface area contributed by atoms with Crippen molar-refractivity contribution in [2.75, 3.05) is 12.3 Å². The highest BCUT2D eigenvalue weighted by molar-refractivity contribution is 8.63. The molecule has 58 valence electrons. The quantitative estimate of drug-likeness (QED) is 0.655. The minimum Gasteiger partial charge on any atom is -0.281 e. The van der Waals surface area contributed by atoms with Crippen molar-refractivity contribution in [2.24, 2.45) is 4.99 Å². The second kappa shape index (κ2) is 3.24. The Morgan fingerprint density at radius 3 is 2.70 bits per heavy atom. The third-order valence-electron chi connectivity index (χ3n) is 1.47. The van der Waals surface area contributed by atoms with Gasteiger partial charge in [0, 0.05) is 12.3 Å². The van der Waals surface area contributed by atoms with Crippen molar-refractivity contribution in [1.29, 1.82) is 0 Å². The van der Waals surface area contributed by atoms with E-state index in [2.05, 4.69) is 11.9 Å². The number of hydrogen-bond donors (Lipinski definition) is 0. The maximum Gasteiger partial charge on any atom is 0.0758 e. The van der Waals surface area contributed by atoms with Gasteiger partial charge in [-0.1, -0.05) is 13.3 Å². The molecule has 4 heteroatoms. The van der Waals surface area contributed by atoms with Crippen molar-refractivity contribution in [3.8, 4) is 0 Å². The van der Waals surface area contributed by atoms with Crippen molar-refractivity contribution in [3.63, 3.8) is 0 Å². The van der Waals surface area contributed by atoms with Crippen LogP contribution in [0.3, 0.4) is 0 Å². The first-order valence-electron chi connectivity index (χ1n) is 3.43. The van der Waals surface area contributed by atoms with E-state index in [1.807, 2.05) is 0 Å². The molecule has 0 amide bonds. The first-order valence-corrected chi connectivity index (χ1v) is 7.08. The smallest absolute Gasteiger partial charge is 0.0758 e. The van der Waals surface area contributed by atoms with Crippen LogP contribution in [0.15, 0.2) is 4.99 Å². The van der Waals surface area contributed by atoms with Gasteiger partial charge in [0.25, 0.3) is 0 Å². The summed E-state index contributed by atoms with van der Waals surface area (Å²) in [7, 11) is -1.23. The highest BCUT2D eigenvalue weighted by Crippen LogP contribution is 2.10. The molecule has 1 aliphatic rings. The number of hydrogen-bond acceptors (Lipinski definition) is 3. The van der Waals surface area contributed by atoms with Crippen LogP contribution in [0.4, 0.5) is 0 Å². The van der Waals surface area contributed by atoms with Gasteiger partial charge < -0.3 is 0 Å². The van der Waals surface area contributed by atoms with Crippen LogP contribution >= 0.6 is 0 Å². The van der Waals surface area contributed by atoms with E-state index in [1.165, 1.54) is 0 Å². The average molecular weight is 193 g/mol. The first kappa shape index (κ1) is 8.56. The second-order valence-electron chi connectivity index (χ2n) is 2.34. The minimum atomic E-state index is -1.23. The summed E-state index contributed by atoms with van der Waals surface area (Å²) in [4.78, 5) is 4.32. The summed E-state index contributed by atoms with van der Waals surface area (Å²) in [6.07, 6.45) is 2.16. The third-order valence-corrected chi connectivity index (χ3v) is 5.40. The summed E-state index contributed by atoms with van der Waals surface area (Å²) < 4.78 is 0. The summed E-state index contributed by atoms with van der Waals surface area (Å²) in [5, 5.41) is 1.15. The summed E-state index contributed by atoms with van der Waals surface area (Å²) in [5.41, 5.74) is 0. The van der Waals surface area contributed by atoms with Gasteiger partial charge in [-0.3, -0.25) is 4.99 Å². The van der Waals surface area contributed by atoms with E-state index in [9.17, 15) is 0 Å². The number of aliphatic imine (C=N–C) groups is 1. The molecule has 10 heavy (non-hydrogen) atoms. The zero-order valence-electron chi connectivity index (χ0n) is 6.00. The maximum absolute atomic E-state index is 5.26. The summed E-state index contributed by atoms with van der Waals surface area (Å²) in [6.45, 7) is 3.03. The standard InChI is InChI=1S/C6H11NS3/c1-2-3-6-7-4-5-10(6,8)9/h2-5H2,1H3. The van der Waals surface area contributed by atoms with Crippen molar-refractivity contribution < 1.29 is 0 Å². The van der Waals surface area contributed by atoms with Gasteiger partial charge in [-0.2, -0.15) is 0 Å². The Kier molecular flexibility index (Phi) is 2.77. The Morgan fingerprint density at radius 1 is 1.60 bits per heavy atom. The van der Waals surface area contributed by atoms with E-state index in [0.717, 1.165) is 30.2 Å². The number of nitrogens with zero attached hydrogens (tertiary/aromatic N) is 1. The van der Waals surface area contributed by atoms with E-state index < -0.39 is 7.15 Å². The van der Waals surface area contributed by atoms with Crippen molar-refractivity contribution in [1.82, 2.24) is 0 Å². The normalized spacial score (nSPS) is 22.7. The van der Waals surface area contributed by atoms with Crippen LogP contribution in [0.2, 0.25) is 0 Å². The summed E-state index contributed by atoms with van der Waals surface area (Å²) in [5.74, 6) is 0.965. The molecule has 1 rings (SSSR count). The van der Waals surface area contributed by atoms with Gasteiger partial charge in [-0.15, -0.1) is 0 Å². The fourth-order valence-electron chi connectivity index (χ4n) is 0.955. The van der Waals surface area contributed by atoms with Crippen molar-refractivity contribution in [3.05, 3.63) is 0 Å². The Morgan fingerprint density at radius 2 is 2.30 bits per heavy atom. The van der Waals surface area contributed by atoms with Crippen LogP contribution in [0, 0.1) is 0 Å². The summed E-state index contributed by atoms with van der Waals surface area (Å²) in [6, 6.07) is 0. The SMILES string of the molecule is CCCC1=NCCS1(=S)=S. The molecule has 0 spiro atoms. The molecule has 0 unspecified atom stereocenters. The predicted molar refractivity (Wildman–Crippen MR) is 54.2 cm³/mol. The van der Waals surface area contributed by atoms with Crippen LogP contribution < -0.4 is 0 Å². The van der Waals surface area contributed by atoms with E-state index >= 15 is 0 Å². The molecule has 0 aromatic carbocycles. The number of rotatable bonds is 2. The van der Waals surface area contributed by atoms with E-state index in [1.54, 1.807) is 0 Å². The van der Waals surface area contributed by atoms with Gasteiger partial charge in [0.05, 0.1) is 5.04 Å². The molecule has 1 nitrogen and oxygen atoms in total. The molecular formula is C6H11NS3. The van der Waals surface area contributed by atoms with E-state index in [-0.39, 0.29) is 0 Å². The van der Waals surface area contributed by atoms with Crippen molar-refractivity contribution in [2.45, 2.75) is 19.8 Å². The lowest BCUT2D eigenvalue weighted by molar-refractivity contribution is 0.997. The highest BCUT2D eigenvalue weighted by Gasteiger charge is 2.15. The van der Waals surface area contributed by atoms with E-state index in [0.29, 0.717) is 0 Å². The van der Waals surface area contributed by atoms with Crippen LogP contribution in [-0.2, 0) is 29.5 Å². The summed E-state index contributed by atoms with van der Waals surface area (Å²) >= 11 is 10.5. The van der Waals surface area contributed by atoms with Crippen LogP contribution in [-0.4, -0.2) is 17.3 Å². The molecule has 0 aromatic rings. The molecule has 0 N–H and O–H groups in total. The zero-order chi connectivity index (χ0) is 7.61. The van der Waals surface area contributed by atoms with Gasteiger partial charge in [0.15, 0.2) is 0 Å². The molecule has 0 aromatic heterocycles. The average Bonchev–Trinajstić information content (AvgIpc) is 2.13. The molecule has 0 radical (unpaired) electrons. The Balaban J connectivity index is 2.76. The van der Waals surface area contributed by atoms with Crippen LogP contribution in [0.1, 0.15) is 19.8 Å². The van der Waals surface area contributed by atoms with Crippen LogP contribution in [0.5, 0.6) is 0 Å². The third kappa shape index (κ3) is 1.74. The topological polar surface area (TPSA) is 12.4 Å². The lowest BCUT2D eigenvalue weighted by atomic mass is 10.4. The minimum absolute atomic E-state index is 0.887. The van der Waals surface area contributed by atoms with Crippen molar-refractivity contribution >= 4 is 34.6 Å². The predicted octanol–water partition coefficient (Wildman–Crippen LogP) is 1.28. The Labute approximate surface area is 71.7 Å². The van der Waals surface area contributed by atoms with Crippen LogP contribution in [0.25, 0.3) is 0 Å². The zero-order valence-corrected chi connectivity index (χ0v) is 8.45. The Hall–Kier alpha value is 0.460. The molecule has 0 saturated carbocycles. The molecule has 0 saturated heterocycles. The van der Waals surface area contributed by atoms with Gasteiger partial charge in [-0.05, 0) is 35.9 Å². The molecule has 0 aliphatic carbocycles. The van der Waals surface area contributed by atoms with Gasteiger partial charge >= 0.3 is 0 Å². The molecule has 0 fully saturated rings. The molecule has 0 bridgehead atoms. The lowest BCUT2D eigenvalue weighted by Crippen LogP contribution is -2.08. The fraction of sp³-hybridized carbons (Fsp3) is 0.833. The van der Waals surface area contributed by atoms with Gasteiger partial charge in [0.2, 0.25) is 0 Å². The highest BCUT2D eigenvalue weighted by atomic mass is 33.1. The van der Waals surface area contributed by atoms with Gasteiger partial charge in [0.1, 0.15) is 0 Å². The lowest BCUT2D eigenvalue weighted by Gasteiger charge is -2.01. The fourth-order valence-corrected chi connectivity index (χ4v) is 3.59. The molecule has 1 aliphatic heterocycles. The molecule has 1 heterocycles. The molecule has 0 atom stereocenters. The maximum atomic E-state index is 5.26. The monoisotopic (exact) mass is 193 g/mol. The molecular weight excluding hydrogens is 182 g/mol. The van der Waals surface area contributed by atoms with Gasteiger partial charge in [-0.25, -0.2) is 0 Å². The Bertz CT molecular complexity index is 238. The second-order valence-corrected chi connectivity index (χ2v) is 8.50. The van der Waals surface area contributed by atoms with E-state index in [4.69, 9.17) is 22.4 Å². The largest absolute Gasteiger partial charge is 0.281 e.